The highest BCUT2D eigenvalue weighted by Crippen LogP contribution is 2.23. The van der Waals surface area contributed by atoms with E-state index in [1.165, 1.54) is 5.56 Å². The SMILES string of the molecule is CC(C)(C)c1ccc(NC(=O)Cc2ccc(N)cc2)cc1.Cl. The van der Waals surface area contributed by atoms with Gasteiger partial charge in [-0.1, -0.05) is 45.0 Å². The molecule has 0 unspecified atom stereocenters. The van der Waals surface area contributed by atoms with Gasteiger partial charge in [0.2, 0.25) is 5.91 Å². The number of nitrogen functional groups attached to an aromatic ring is 1. The minimum Gasteiger partial charge on any atom is -0.399 e. The summed E-state index contributed by atoms with van der Waals surface area (Å²) in [6.45, 7) is 6.51. The number of halogens is 1. The van der Waals surface area contributed by atoms with Crippen LogP contribution in [0.2, 0.25) is 0 Å². The van der Waals surface area contributed by atoms with Crippen LogP contribution in [-0.2, 0) is 16.6 Å². The first-order chi connectivity index (χ1) is 9.84. The van der Waals surface area contributed by atoms with Crippen molar-refractivity contribution in [2.45, 2.75) is 32.6 Å². The lowest BCUT2D eigenvalue weighted by atomic mass is 9.87. The number of benzene rings is 2. The van der Waals surface area contributed by atoms with Crippen molar-refractivity contribution in [2.75, 3.05) is 11.1 Å². The third-order valence-corrected chi connectivity index (χ3v) is 3.38. The van der Waals surface area contributed by atoms with Crippen LogP contribution in [0.1, 0.15) is 31.9 Å². The van der Waals surface area contributed by atoms with Gasteiger partial charge in [0, 0.05) is 11.4 Å². The van der Waals surface area contributed by atoms with Gasteiger partial charge in [-0.25, -0.2) is 0 Å². The zero-order chi connectivity index (χ0) is 15.5. The van der Waals surface area contributed by atoms with Crippen molar-refractivity contribution in [1.82, 2.24) is 0 Å². The molecule has 0 spiro atoms. The van der Waals surface area contributed by atoms with Crippen LogP contribution in [-0.4, -0.2) is 5.91 Å². The number of rotatable bonds is 3. The third-order valence-electron chi connectivity index (χ3n) is 3.38. The number of amides is 1. The number of nitrogens with two attached hydrogens (primary N) is 1. The molecular weight excluding hydrogens is 296 g/mol. The number of carbonyl (C=O) groups is 1. The van der Waals surface area contributed by atoms with Crippen molar-refractivity contribution < 1.29 is 4.79 Å². The Morgan fingerprint density at radius 2 is 1.55 bits per heavy atom. The normalized spacial score (nSPS) is 10.7. The summed E-state index contributed by atoms with van der Waals surface area (Å²) in [6.07, 6.45) is 0.349. The van der Waals surface area contributed by atoms with E-state index >= 15 is 0 Å². The lowest BCUT2D eigenvalue weighted by Gasteiger charge is -2.19. The molecule has 3 N–H and O–H groups in total. The molecule has 0 aromatic heterocycles. The second-order valence-corrected chi connectivity index (χ2v) is 6.29. The van der Waals surface area contributed by atoms with Crippen molar-refractivity contribution >= 4 is 29.7 Å². The van der Waals surface area contributed by atoms with E-state index in [0.717, 1.165) is 11.3 Å². The van der Waals surface area contributed by atoms with Gasteiger partial charge >= 0.3 is 0 Å². The van der Waals surface area contributed by atoms with Crippen LogP contribution >= 0.6 is 12.4 Å². The first kappa shape index (κ1) is 18.1. The minimum atomic E-state index is -0.0247. The van der Waals surface area contributed by atoms with Crippen molar-refractivity contribution in [2.24, 2.45) is 0 Å². The van der Waals surface area contributed by atoms with Crippen molar-refractivity contribution in [3.8, 4) is 0 Å². The molecule has 118 valence electrons. The molecule has 3 nitrogen and oxygen atoms in total. The minimum absolute atomic E-state index is 0. The molecule has 0 aliphatic heterocycles. The highest BCUT2D eigenvalue weighted by molar-refractivity contribution is 5.92. The fourth-order valence-corrected chi connectivity index (χ4v) is 2.08. The number of hydrogen-bond donors (Lipinski definition) is 2. The van der Waals surface area contributed by atoms with E-state index in [-0.39, 0.29) is 23.7 Å². The molecule has 0 heterocycles. The smallest absolute Gasteiger partial charge is 0.228 e. The van der Waals surface area contributed by atoms with E-state index in [9.17, 15) is 4.79 Å². The van der Waals surface area contributed by atoms with Crippen molar-refractivity contribution in [3.63, 3.8) is 0 Å². The van der Waals surface area contributed by atoms with Crippen LogP contribution in [0.25, 0.3) is 0 Å². The second kappa shape index (κ2) is 7.32. The maximum absolute atomic E-state index is 12.0. The Morgan fingerprint density at radius 3 is 2.05 bits per heavy atom. The summed E-state index contributed by atoms with van der Waals surface area (Å²) < 4.78 is 0. The molecule has 0 atom stereocenters. The van der Waals surface area contributed by atoms with Crippen LogP contribution in [0.4, 0.5) is 11.4 Å². The second-order valence-electron chi connectivity index (χ2n) is 6.29. The first-order valence-corrected chi connectivity index (χ1v) is 7.09. The Bertz CT molecular complexity index is 613. The fourth-order valence-electron chi connectivity index (χ4n) is 2.08. The summed E-state index contributed by atoms with van der Waals surface area (Å²) >= 11 is 0. The van der Waals surface area contributed by atoms with E-state index in [0.29, 0.717) is 12.1 Å². The molecule has 0 bridgehead atoms. The maximum Gasteiger partial charge on any atom is 0.228 e. The Labute approximate surface area is 138 Å². The number of anilines is 2. The maximum atomic E-state index is 12.0. The molecule has 0 saturated carbocycles. The molecule has 0 fully saturated rings. The van der Waals surface area contributed by atoms with Gasteiger partial charge in [0.05, 0.1) is 6.42 Å². The van der Waals surface area contributed by atoms with Gasteiger partial charge in [0.25, 0.3) is 0 Å². The fraction of sp³-hybridized carbons (Fsp3) is 0.278. The lowest BCUT2D eigenvalue weighted by molar-refractivity contribution is -0.115. The first-order valence-electron chi connectivity index (χ1n) is 7.09. The number of nitrogens with one attached hydrogen (secondary N) is 1. The predicted molar refractivity (Wildman–Crippen MR) is 95.6 cm³/mol. The molecule has 22 heavy (non-hydrogen) atoms. The largest absolute Gasteiger partial charge is 0.399 e. The standard InChI is InChI=1S/C18H22N2O.ClH/c1-18(2,3)14-6-10-16(11-7-14)20-17(21)12-13-4-8-15(19)9-5-13;/h4-11H,12,19H2,1-3H3,(H,20,21);1H. The van der Waals surface area contributed by atoms with Gasteiger partial charge < -0.3 is 11.1 Å². The Hall–Kier alpha value is -2.00. The summed E-state index contributed by atoms with van der Waals surface area (Å²) in [5, 5.41) is 2.91. The zero-order valence-electron chi connectivity index (χ0n) is 13.2. The molecular formula is C18H23ClN2O. The molecule has 0 saturated heterocycles. The van der Waals surface area contributed by atoms with E-state index in [1.54, 1.807) is 12.1 Å². The van der Waals surface area contributed by atoms with E-state index in [2.05, 4.69) is 38.2 Å². The van der Waals surface area contributed by atoms with Gasteiger partial charge in [-0.15, -0.1) is 12.4 Å². The van der Waals surface area contributed by atoms with Gasteiger partial charge in [-0.3, -0.25) is 4.79 Å². The Morgan fingerprint density at radius 1 is 1.00 bits per heavy atom. The highest BCUT2D eigenvalue weighted by Gasteiger charge is 2.13. The summed E-state index contributed by atoms with van der Waals surface area (Å²) in [6, 6.07) is 15.4. The molecule has 1 amide bonds. The van der Waals surface area contributed by atoms with E-state index < -0.39 is 0 Å². The molecule has 0 radical (unpaired) electrons. The summed E-state index contributed by atoms with van der Waals surface area (Å²) in [5.74, 6) is -0.0247. The summed E-state index contributed by atoms with van der Waals surface area (Å²) in [5.41, 5.74) is 9.48. The topological polar surface area (TPSA) is 55.1 Å². The van der Waals surface area contributed by atoms with Crippen molar-refractivity contribution in [3.05, 3.63) is 59.7 Å². The molecule has 2 rings (SSSR count). The van der Waals surface area contributed by atoms with Crippen LogP contribution in [0, 0.1) is 0 Å². The van der Waals surface area contributed by atoms with Crippen LogP contribution in [0.3, 0.4) is 0 Å². The van der Waals surface area contributed by atoms with E-state index in [4.69, 9.17) is 5.73 Å². The molecule has 0 aliphatic rings. The van der Waals surface area contributed by atoms with Crippen LogP contribution in [0.5, 0.6) is 0 Å². The Balaban J connectivity index is 0.00000242. The summed E-state index contributed by atoms with van der Waals surface area (Å²) in [7, 11) is 0. The highest BCUT2D eigenvalue weighted by atomic mass is 35.5. The molecule has 4 heteroatoms. The zero-order valence-corrected chi connectivity index (χ0v) is 14.0. The average molecular weight is 319 g/mol. The lowest BCUT2D eigenvalue weighted by Crippen LogP contribution is -2.15. The average Bonchev–Trinajstić information content (AvgIpc) is 2.41. The van der Waals surface area contributed by atoms with Gasteiger partial charge in [-0.2, -0.15) is 0 Å². The van der Waals surface area contributed by atoms with Crippen molar-refractivity contribution in [1.29, 1.82) is 0 Å². The summed E-state index contributed by atoms with van der Waals surface area (Å²) in [4.78, 5) is 12.0. The monoisotopic (exact) mass is 318 g/mol. The predicted octanol–water partition coefficient (Wildman–Crippen LogP) is 4.17. The number of carbonyl (C=O) groups excluding carboxylic acids is 1. The quantitative estimate of drug-likeness (QED) is 0.834. The van der Waals surface area contributed by atoms with Gasteiger partial charge in [-0.05, 0) is 40.8 Å². The molecule has 0 aliphatic carbocycles. The molecule has 2 aromatic carbocycles. The molecule has 2 aromatic rings. The van der Waals surface area contributed by atoms with Gasteiger partial charge in [0.1, 0.15) is 0 Å². The third kappa shape index (κ3) is 5.08. The Kier molecular flexibility index (Phi) is 6.01. The van der Waals surface area contributed by atoms with Crippen LogP contribution in [0.15, 0.2) is 48.5 Å². The van der Waals surface area contributed by atoms with E-state index in [1.807, 2.05) is 24.3 Å². The van der Waals surface area contributed by atoms with Crippen LogP contribution < -0.4 is 11.1 Å². The van der Waals surface area contributed by atoms with Gasteiger partial charge in [0.15, 0.2) is 0 Å². The number of hydrogen-bond acceptors (Lipinski definition) is 2.